The summed E-state index contributed by atoms with van der Waals surface area (Å²) >= 11 is 0. The third-order valence-electron chi connectivity index (χ3n) is 1.46. The Bertz CT molecular complexity index is 37.4. The number of rotatable bonds is 0. The van der Waals surface area contributed by atoms with E-state index in [0.29, 0.717) is 0 Å². The van der Waals surface area contributed by atoms with Crippen molar-refractivity contribution in [1.29, 1.82) is 0 Å². The van der Waals surface area contributed by atoms with Crippen molar-refractivity contribution in [3.8, 4) is 0 Å². The predicted molar refractivity (Wildman–Crippen MR) is 27.4 cm³/mol. The molecule has 0 bridgehead atoms. The van der Waals surface area contributed by atoms with Gasteiger partial charge in [-0.25, -0.2) is 0 Å². The molecule has 36 valence electrons. The molecule has 0 aliphatic heterocycles. The van der Waals surface area contributed by atoms with Gasteiger partial charge in [0, 0.05) is 0 Å². The van der Waals surface area contributed by atoms with Crippen molar-refractivity contribution in [2.45, 2.75) is 32.6 Å². The van der Waals surface area contributed by atoms with Crippen molar-refractivity contribution in [3.05, 3.63) is 5.92 Å². The zero-order chi connectivity index (χ0) is 4.41. The van der Waals surface area contributed by atoms with Crippen molar-refractivity contribution >= 4 is 0 Å². The van der Waals surface area contributed by atoms with Crippen molar-refractivity contribution in [2.75, 3.05) is 0 Å². The fraction of sp³-hybridized carbons (Fsp3) is 0.833. The minimum atomic E-state index is 0. The van der Waals surface area contributed by atoms with Gasteiger partial charge in [0.05, 0.1) is 0 Å². The normalized spacial score (nSPS) is 21.9. The average Bonchev–Trinajstić information content (AvgIpc) is 1.86. The van der Waals surface area contributed by atoms with Crippen LogP contribution < -0.4 is 58.2 Å². The van der Waals surface area contributed by atoms with Crippen LogP contribution in [0.3, 0.4) is 0 Å². The second-order valence-electron chi connectivity index (χ2n) is 2.16. The van der Waals surface area contributed by atoms with Gasteiger partial charge in [0.15, 0.2) is 0 Å². The van der Waals surface area contributed by atoms with E-state index in [1.165, 1.54) is 25.7 Å². The summed E-state index contributed by atoms with van der Waals surface area (Å²) in [6, 6.07) is 0. The summed E-state index contributed by atoms with van der Waals surface area (Å²) in [5.41, 5.74) is 0. The molecule has 1 rings (SSSR count). The molecule has 0 atom stereocenters. The van der Waals surface area contributed by atoms with E-state index in [1.54, 1.807) is 5.92 Å². The third kappa shape index (κ3) is 3.39. The molecule has 0 radical (unpaired) electrons. The van der Waals surface area contributed by atoms with Crippen LogP contribution in [0.5, 0.6) is 0 Å². The molecule has 1 aliphatic carbocycles. The first-order chi connectivity index (χ1) is 2.89. The van der Waals surface area contributed by atoms with Crippen LogP contribution in [0.4, 0.5) is 0 Å². The Hall–Kier alpha value is 1.81. The summed E-state index contributed by atoms with van der Waals surface area (Å²) in [4.78, 5) is 0. The first kappa shape index (κ1) is 8.81. The molecule has 0 saturated heterocycles. The van der Waals surface area contributed by atoms with Crippen LogP contribution in [0.25, 0.3) is 0 Å². The molecule has 0 amide bonds. The van der Waals surface area contributed by atoms with Crippen LogP contribution in [-0.2, 0) is 0 Å². The fourth-order valence-corrected chi connectivity index (χ4v) is 0.979. The van der Waals surface area contributed by atoms with Gasteiger partial charge in [0.2, 0.25) is 0 Å². The van der Waals surface area contributed by atoms with Crippen molar-refractivity contribution in [1.82, 2.24) is 0 Å². The maximum Gasteiger partial charge on any atom is 1.00 e. The van der Waals surface area contributed by atoms with E-state index >= 15 is 0 Å². The van der Waals surface area contributed by atoms with Gasteiger partial charge in [-0.05, 0) is 0 Å². The molecular formula is C6H11Rb. The zero-order valence-electron chi connectivity index (χ0n) is 5.33. The molecule has 0 unspecified atom stereocenters. The summed E-state index contributed by atoms with van der Waals surface area (Å²) in [7, 11) is 0. The number of hydrogen-bond donors (Lipinski definition) is 0. The van der Waals surface area contributed by atoms with Gasteiger partial charge in [-0.2, -0.15) is 19.8 Å². The number of hydrogen-bond acceptors (Lipinski definition) is 0. The van der Waals surface area contributed by atoms with Gasteiger partial charge in [-0.15, -0.1) is 0 Å². The van der Waals surface area contributed by atoms with Crippen LogP contribution in [-0.4, -0.2) is 0 Å². The molecule has 0 spiro atoms. The van der Waals surface area contributed by atoms with Gasteiger partial charge in [0.1, 0.15) is 0 Å². The van der Waals surface area contributed by atoms with Crippen LogP contribution >= 0.6 is 0 Å². The summed E-state index contributed by atoms with van der Waals surface area (Å²) in [6.07, 6.45) is 5.71. The van der Waals surface area contributed by atoms with Crippen molar-refractivity contribution < 1.29 is 58.2 Å². The Morgan fingerprint density at radius 3 is 1.71 bits per heavy atom. The largest absolute Gasteiger partial charge is 1.00 e. The van der Waals surface area contributed by atoms with E-state index in [-0.39, 0.29) is 58.2 Å². The maximum absolute atomic E-state index is 2.26. The fourth-order valence-electron chi connectivity index (χ4n) is 0.979. The molecule has 0 aromatic carbocycles. The van der Waals surface area contributed by atoms with Gasteiger partial charge >= 0.3 is 58.2 Å². The molecule has 1 heteroatoms. The van der Waals surface area contributed by atoms with E-state index in [9.17, 15) is 0 Å². The van der Waals surface area contributed by atoms with Crippen LogP contribution in [0.15, 0.2) is 0 Å². The molecule has 1 fully saturated rings. The molecule has 0 N–H and O–H groups in total. The van der Waals surface area contributed by atoms with Crippen molar-refractivity contribution in [3.63, 3.8) is 0 Å². The van der Waals surface area contributed by atoms with E-state index < -0.39 is 0 Å². The third-order valence-corrected chi connectivity index (χ3v) is 1.46. The summed E-state index contributed by atoms with van der Waals surface area (Å²) < 4.78 is 0. The summed E-state index contributed by atoms with van der Waals surface area (Å²) in [5, 5.41) is 0. The molecule has 7 heavy (non-hydrogen) atoms. The Kier molecular flexibility index (Phi) is 5.86. The minimum absolute atomic E-state index is 0. The second-order valence-corrected chi connectivity index (χ2v) is 2.16. The maximum atomic E-state index is 2.26. The Balaban J connectivity index is 0.000000360. The SMILES string of the molecule is C[C-]1CCCC1.[Rb+]. The summed E-state index contributed by atoms with van der Waals surface area (Å²) in [6.45, 7) is 2.26. The van der Waals surface area contributed by atoms with E-state index in [2.05, 4.69) is 6.92 Å². The molecule has 1 aliphatic rings. The topological polar surface area (TPSA) is 0 Å². The van der Waals surface area contributed by atoms with Crippen LogP contribution in [0, 0.1) is 5.92 Å². The van der Waals surface area contributed by atoms with Gasteiger partial charge in [-0.1, -0.05) is 12.8 Å². The smallest absolute Gasteiger partial charge is 0.317 e. The standard InChI is InChI=1S/C6H11.Rb/c1-6-4-2-3-5-6;/h2-5H2,1H3;/q-1;+1. The molecule has 1 saturated carbocycles. The minimum Gasteiger partial charge on any atom is -0.317 e. The molecule has 0 aromatic rings. The van der Waals surface area contributed by atoms with Crippen LogP contribution in [0.2, 0.25) is 0 Å². The quantitative estimate of drug-likeness (QED) is 0.414. The second kappa shape index (κ2) is 4.66. The molecule has 0 heterocycles. The van der Waals surface area contributed by atoms with Gasteiger partial charge in [0.25, 0.3) is 0 Å². The monoisotopic (exact) mass is 168 g/mol. The first-order valence-corrected chi connectivity index (χ1v) is 2.71. The molecule has 0 aromatic heterocycles. The Morgan fingerprint density at radius 1 is 1.14 bits per heavy atom. The van der Waals surface area contributed by atoms with Gasteiger partial charge in [-0.3, -0.25) is 0 Å². The van der Waals surface area contributed by atoms with Gasteiger partial charge < -0.3 is 5.92 Å². The first-order valence-electron chi connectivity index (χ1n) is 2.71. The molecule has 0 nitrogen and oxygen atoms in total. The predicted octanol–water partition coefficient (Wildman–Crippen LogP) is -0.841. The Labute approximate surface area is 94.9 Å². The Morgan fingerprint density at radius 2 is 1.57 bits per heavy atom. The van der Waals surface area contributed by atoms with E-state index in [1.807, 2.05) is 0 Å². The van der Waals surface area contributed by atoms with Crippen LogP contribution in [0.1, 0.15) is 32.6 Å². The van der Waals surface area contributed by atoms with E-state index in [0.717, 1.165) is 0 Å². The zero-order valence-corrected chi connectivity index (χ0v) is 10.2. The summed E-state index contributed by atoms with van der Waals surface area (Å²) in [5.74, 6) is 1.70. The average molecular weight is 169 g/mol. The van der Waals surface area contributed by atoms with Crippen molar-refractivity contribution in [2.24, 2.45) is 0 Å². The molecular weight excluding hydrogens is 158 g/mol. The van der Waals surface area contributed by atoms with E-state index in [4.69, 9.17) is 0 Å².